The normalized spacial score (nSPS) is 11.9. The average Bonchev–Trinajstić information content (AvgIpc) is 2.26. The molecule has 2 N–H and O–H groups in total. The van der Waals surface area contributed by atoms with Gasteiger partial charge in [-0.15, -0.1) is 0 Å². The van der Waals surface area contributed by atoms with E-state index in [-0.39, 0.29) is 5.91 Å². The van der Waals surface area contributed by atoms with E-state index in [4.69, 9.17) is 0 Å². The fourth-order valence-corrected chi connectivity index (χ4v) is 1.76. The maximum Gasteiger partial charge on any atom is 0.221 e. The van der Waals surface area contributed by atoms with Crippen LogP contribution in [0.15, 0.2) is 24.3 Å². The Balaban J connectivity index is 2.55. The van der Waals surface area contributed by atoms with Crippen LogP contribution in [0.3, 0.4) is 0 Å². The highest BCUT2D eigenvalue weighted by Crippen LogP contribution is 2.17. The van der Waals surface area contributed by atoms with E-state index in [9.17, 15) is 4.79 Å². The van der Waals surface area contributed by atoms with Crippen LogP contribution in [0, 0.1) is 0 Å². The minimum absolute atomic E-state index is 0.0406. The first-order chi connectivity index (χ1) is 8.11. The molecular formula is C14H22N2O. The summed E-state index contributed by atoms with van der Waals surface area (Å²) >= 11 is 0. The van der Waals surface area contributed by atoms with E-state index in [1.165, 1.54) is 26.2 Å². The largest absolute Gasteiger partial charge is 0.383 e. The van der Waals surface area contributed by atoms with Gasteiger partial charge in [-0.05, 0) is 31.5 Å². The molecule has 3 heteroatoms. The van der Waals surface area contributed by atoms with Crippen molar-refractivity contribution in [2.45, 2.75) is 46.1 Å². The van der Waals surface area contributed by atoms with Crippen LogP contribution in [0.25, 0.3) is 0 Å². The summed E-state index contributed by atoms with van der Waals surface area (Å²) in [5.41, 5.74) is 1.89. The second-order valence-electron chi connectivity index (χ2n) is 4.45. The summed E-state index contributed by atoms with van der Waals surface area (Å²) in [7, 11) is 0. The van der Waals surface area contributed by atoms with E-state index in [1.807, 2.05) is 24.3 Å². The molecule has 1 aromatic rings. The Morgan fingerprint density at radius 1 is 1.35 bits per heavy atom. The standard InChI is InChI=1S/C14H22N2O/c1-4-5-7-11(2)15-13-8-6-9-14(10-13)16-12(3)17/h6,8-11,15H,4-5,7H2,1-3H3,(H,16,17). The molecule has 0 aromatic heterocycles. The van der Waals surface area contributed by atoms with E-state index in [0.717, 1.165) is 11.4 Å². The quantitative estimate of drug-likeness (QED) is 0.789. The second kappa shape index (κ2) is 6.94. The summed E-state index contributed by atoms with van der Waals surface area (Å²) in [6.07, 6.45) is 3.62. The zero-order valence-electron chi connectivity index (χ0n) is 10.9. The summed E-state index contributed by atoms with van der Waals surface area (Å²) in [6, 6.07) is 8.28. The van der Waals surface area contributed by atoms with Crippen molar-refractivity contribution in [1.82, 2.24) is 0 Å². The molecule has 0 aliphatic heterocycles. The number of carbonyl (C=O) groups excluding carboxylic acids is 1. The molecule has 1 unspecified atom stereocenters. The molecule has 0 spiro atoms. The smallest absolute Gasteiger partial charge is 0.221 e. The zero-order chi connectivity index (χ0) is 12.7. The van der Waals surface area contributed by atoms with Crippen LogP contribution in [0.5, 0.6) is 0 Å². The number of unbranched alkanes of at least 4 members (excludes halogenated alkanes) is 1. The lowest BCUT2D eigenvalue weighted by molar-refractivity contribution is -0.114. The molecule has 3 nitrogen and oxygen atoms in total. The number of nitrogens with one attached hydrogen (secondary N) is 2. The first-order valence-electron chi connectivity index (χ1n) is 6.26. The van der Waals surface area contributed by atoms with E-state index in [1.54, 1.807) is 0 Å². The number of benzene rings is 1. The van der Waals surface area contributed by atoms with Crippen molar-refractivity contribution in [3.63, 3.8) is 0 Å². The fraction of sp³-hybridized carbons (Fsp3) is 0.500. The van der Waals surface area contributed by atoms with Gasteiger partial charge in [0.25, 0.3) is 0 Å². The van der Waals surface area contributed by atoms with Gasteiger partial charge in [-0.1, -0.05) is 25.8 Å². The Bertz CT molecular complexity index is 363. The molecule has 1 amide bonds. The lowest BCUT2D eigenvalue weighted by Gasteiger charge is -2.15. The molecule has 0 bridgehead atoms. The van der Waals surface area contributed by atoms with Gasteiger partial charge in [0.05, 0.1) is 0 Å². The Labute approximate surface area is 104 Å². The van der Waals surface area contributed by atoms with Crippen LogP contribution < -0.4 is 10.6 Å². The average molecular weight is 234 g/mol. The summed E-state index contributed by atoms with van der Waals surface area (Å²) in [6.45, 7) is 5.90. The molecule has 0 aliphatic carbocycles. The molecule has 1 atom stereocenters. The summed E-state index contributed by atoms with van der Waals surface area (Å²) in [5, 5.41) is 6.22. The maximum absolute atomic E-state index is 11.0. The van der Waals surface area contributed by atoms with E-state index >= 15 is 0 Å². The van der Waals surface area contributed by atoms with Crippen molar-refractivity contribution in [1.29, 1.82) is 0 Å². The molecule has 94 valence electrons. The third-order valence-electron chi connectivity index (χ3n) is 2.59. The predicted octanol–water partition coefficient (Wildman–Crippen LogP) is 3.64. The van der Waals surface area contributed by atoms with Crippen LogP contribution in [0.1, 0.15) is 40.0 Å². The summed E-state index contributed by atoms with van der Waals surface area (Å²) in [5.74, 6) is -0.0406. The van der Waals surface area contributed by atoms with Crippen molar-refractivity contribution < 1.29 is 4.79 Å². The minimum atomic E-state index is -0.0406. The van der Waals surface area contributed by atoms with Crippen LogP contribution in [-0.4, -0.2) is 11.9 Å². The predicted molar refractivity (Wildman–Crippen MR) is 73.4 cm³/mol. The van der Waals surface area contributed by atoms with Gasteiger partial charge in [-0.25, -0.2) is 0 Å². The Morgan fingerprint density at radius 3 is 2.71 bits per heavy atom. The molecule has 0 heterocycles. The molecule has 0 radical (unpaired) electrons. The molecular weight excluding hydrogens is 212 g/mol. The first kappa shape index (κ1) is 13.6. The third kappa shape index (κ3) is 5.38. The number of hydrogen-bond donors (Lipinski definition) is 2. The highest BCUT2D eigenvalue weighted by Gasteiger charge is 2.02. The van der Waals surface area contributed by atoms with Gasteiger partial charge < -0.3 is 10.6 Å². The number of amides is 1. The lowest BCUT2D eigenvalue weighted by Crippen LogP contribution is -2.15. The molecule has 0 fully saturated rings. The minimum Gasteiger partial charge on any atom is -0.383 e. The first-order valence-corrected chi connectivity index (χ1v) is 6.26. The van der Waals surface area contributed by atoms with Crippen LogP contribution in [0.4, 0.5) is 11.4 Å². The van der Waals surface area contributed by atoms with Gasteiger partial charge in [0, 0.05) is 24.3 Å². The highest BCUT2D eigenvalue weighted by atomic mass is 16.1. The molecule has 1 rings (SSSR count). The molecule has 17 heavy (non-hydrogen) atoms. The van der Waals surface area contributed by atoms with Gasteiger partial charge in [-0.3, -0.25) is 4.79 Å². The summed E-state index contributed by atoms with van der Waals surface area (Å²) in [4.78, 5) is 11.0. The van der Waals surface area contributed by atoms with Crippen molar-refractivity contribution in [3.05, 3.63) is 24.3 Å². The van der Waals surface area contributed by atoms with Crippen LogP contribution >= 0.6 is 0 Å². The van der Waals surface area contributed by atoms with Crippen molar-refractivity contribution in [2.24, 2.45) is 0 Å². The van der Waals surface area contributed by atoms with Gasteiger partial charge >= 0.3 is 0 Å². The van der Waals surface area contributed by atoms with Gasteiger partial charge in [0.2, 0.25) is 5.91 Å². The number of anilines is 2. The Morgan fingerprint density at radius 2 is 2.06 bits per heavy atom. The maximum atomic E-state index is 11.0. The van der Waals surface area contributed by atoms with E-state index in [0.29, 0.717) is 6.04 Å². The number of carbonyl (C=O) groups is 1. The van der Waals surface area contributed by atoms with Gasteiger partial charge in [0.15, 0.2) is 0 Å². The fourth-order valence-electron chi connectivity index (χ4n) is 1.76. The van der Waals surface area contributed by atoms with Crippen LogP contribution in [0.2, 0.25) is 0 Å². The monoisotopic (exact) mass is 234 g/mol. The SMILES string of the molecule is CCCCC(C)Nc1cccc(NC(C)=O)c1. The van der Waals surface area contributed by atoms with Gasteiger partial charge in [0.1, 0.15) is 0 Å². The summed E-state index contributed by atoms with van der Waals surface area (Å²) < 4.78 is 0. The third-order valence-corrected chi connectivity index (χ3v) is 2.59. The Kier molecular flexibility index (Phi) is 5.53. The molecule has 1 aromatic carbocycles. The van der Waals surface area contributed by atoms with Gasteiger partial charge in [-0.2, -0.15) is 0 Å². The second-order valence-corrected chi connectivity index (χ2v) is 4.45. The molecule has 0 saturated heterocycles. The van der Waals surface area contributed by atoms with Crippen LogP contribution in [-0.2, 0) is 4.79 Å². The molecule has 0 aliphatic rings. The van der Waals surface area contributed by atoms with Crippen molar-refractivity contribution in [3.8, 4) is 0 Å². The van der Waals surface area contributed by atoms with E-state index < -0.39 is 0 Å². The lowest BCUT2D eigenvalue weighted by atomic mass is 10.1. The molecule has 0 saturated carbocycles. The zero-order valence-corrected chi connectivity index (χ0v) is 10.9. The topological polar surface area (TPSA) is 41.1 Å². The van der Waals surface area contributed by atoms with E-state index in [2.05, 4.69) is 24.5 Å². The van der Waals surface area contributed by atoms with Crippen molar-refractivity contribution in [2.75, 3.05) is 10.6 Å². The highest BCUT2D eigenvalue weighted by molar-refractivity contribution is 5.89. The Hall–Kier alpha value is -1.51. The van der Waals surface area contributed by atoms with Crippen molar-refractivity contribution >= 4 is 17.3 Å². The number of hydrogen-bond acceptors (Lipinski definition) is 2. The number of rotatable bonds is 6.